The summed E-state index contributed by atoms with van der Waals surface area (Å²) in [6.07, 6.45) is 0.980. The number of benzene rings is 1. The maximum absolute atomic E-state index is 11.8. The van der Waals surface area contributed by atoms with Crippen molar-refractivity contribution in [2.24, 2.45) is 5.92 Å². The van der Waals surface area contributed by atoms with Gasteiger partial charge < -0.3 is 5.32 Å². The van der Waals surface area contributed by atoms with E-state index in [0.717, 1.165) is 25.1 Å². The third kappa shape index (κ3) is 1.78. The highest BCUT2D eigenvalue weighted by molar-refractivity contribution is 5.98. The Morgan fingerprint density at radius 1 is 1.31 bits per heavy atom. The van der Waals surface area contributed by atoms with E-state index in [1.54, 1.807) is 0 Å². The van der Waals surface area contributed by atoms with Crippen molar-refractivity contribution in [2.45, 2.75) is 6.42 Å². The van der Waals surface area contributed by atoms with Crippen molar-refractivity contribution in [1.82, 2.24) is 5.32 Å². The zero-order chi connectivity index (χ0) is 9.10. The Balaban J connectivity index is 2.13. The standard InChI is InChI=1S/C11H13NO/c13-11(10-6-7-12-8-10)9-4-2-1-3-5-9/h1-5,10,12H,6-8H2/t10-/m0/s1. The highest BCUT2D eigenvalue weighted by atomic mass is 16.1. The molecule has 2 nitrogen and oxygen atoms in total. The van der Waals surface area contributed by atoms with Gasteiger partial charge in [-0.15, -0.1) is 0 Å². The number of nitrogens with one attached hydrogen (secondary N) is 1. The van der Waals surface area contributed by atoms with Crippen LogP contribution in [0.5, 0.6) is 0 Å². The average molecular weight is 175 g/mol. The second-order valence-electron chi connectivity index (χ2n) is 3.42. The molecule has 1 aliphatic heterocycles. The molecule has 0 radical (unpaired) electrons. The van der Waals surface area contributed by atoms with Gasteiger partial charge >= 0.3 is 0 Å². The van der Waals surface area contributed by atoms with Gasteiger partial charge in [-0.05, 0) is 13.0 Å². The van der Waals surface area contributed by atoms with Crippen LogP contribution in [0.4, 0.5) is 0 Å². The summed E-state index contributed by atoms with van der Waals surface area (Å²) in [5, 5.41) is 3.20. The highest BCUT2D eigenvalue weighted by Gasteiger charge is 2.22. The normalized spacial score (nSPS) is 21.7. The van der Waals surface area contributed by atoms with Gasteiger partial charge in [0.25, 0.3) is 0 Å². The predicted octanol–water partition coefficient (Wildman–Crippen LogP) is 1.48. The van der Waals surface area contributed by atoms with E-state index < -0.39 is 0 Å². The zero-order valence-corrected chi connectivity index (χ0v) is 7.49. The molecule has 0 bridgehead atoms. The molecule has 0 spiro atoms. The Hall–Kier alpha value is -1.15. The van der Waals surface area contributed by atoms with Crippen LogP contribution >= 0.6 is 0 Å². The number of hydrogen-bond acceptors (Lipinski definition) is 2. The summed E-state index contributed by atoms with van der Waals surface area (Å²) in [4.78, 5) is 11.8. The molecule has 68 valence electrons. The molecule has 0 aromatic heterocycles. The van der Waals surface area contributed by atoms with Gasteiger partial charge in [-0.25, -0.2) is 0 Å². The number of Topliss-reactive ketones (excluding diaryl/α,β-unsaturated/α-hetero) is 1. The molecule has 1 atom stereocenters. The molecule has 2 rings (SSSR count). The summed E-state index contributed by atoms with van der Waals surface area (Å²) in [6, 6.07) is 9.54. The van der Waals surface area contributed by atoms with Gasteiger partial charge in [0.05, 0.1) is 0 Å². The zero-order valence-electron chi connectivity index (χ0n) is 7.49. The van der Waals surface area contributed by atoms with E-state index in [1.807, 2.05) is 30.3 Å². The monoisotopic (exact) mass is 175 g/mol. The van der Waals surface area contributed by atoms with Gasteiger partial charge in [0, 0.05) is 18.0 Å². The number of ketones is 1. The average Bonchev–Trinajstić information content (AvgIpc) is 2.71. The van der Waals surface area contributed by atoms with Crippen LogP contribution in [-0.4, -0.2) is 18.9 Å². The summed E-state index contributed by atoms with van der Waals surface area (Å²) in [7, 11) is 0. The van der Waals surface area contributed by atoms with Gasteiger partial charge in [0.1, 0.15) is 0 Å². The van der Waals surface area contributed by atoms with Crippen LogP contribution in [0.15, 0.2) is 30.3 Å². The van der Waals surface area contributed by atoms with Crippen LogP contribution in [0, 0.1) is 5.92 Å². The second-order valence-corrected chi connectivity index (χ2v) is 3.42. The largest absolute Gasteiger partial charge is 0.316 e. The molecule has 1 N–H and O–H groups in total. The molecule has 1 aliphatic rings. The molecular weight excluding hydrogens is 162 g/mol. The first-order valence-electron chi connectivity index (χ1n) is 4.68. The second kappa shape index (κ2) is 3.71. The lowest BCUT2D eigenvalue weighted by atomic mass is 9.97. The molecule has 1 heterocycles. The summed E-state index contributed by atoms with van der Waals surface area (Å²) in [5.74, 6) is 0.480. The Kier molecular flexibility index (Phi) is 2.41. The van der Waals surface area contributed by atoms with Crippen LogP contribution in [-0.2, 0) is 0 Å². The molecule has 0 unspecified atom stereocenters. The fourth-order valence-electron chi connectivity index (χ4n) is 1.72. The minimum absolute atomic E-state index is 0.197. The first kappa shape index (κ1) is 8.45. The van der Waals surface area contributed by atoms with Crippen LogP contribution in [0.1, 0.15) is 16.8 Å². The molecule has 1 aromatic carbocycles. The van der Waals surface area contributed by atoms with Crippen molar-refractivity contribution in [2.75, 3.05) is 13.1 Å². The first-order valence-corrected chi connectivity index (χ1v) is 4.68. The molecule has 1 fully saturated rings. The molecule has 0 saturated carbocycles. The molecular formula is C11H13NO. The van der Waals surface area contributed by atoms with Crippen molar-refractivity contribution in [1.29, 1.82) is 0 Å². The fraction of sp³-hybridized carbons (Fsp3) is 0.364. The van der Waals surface area contributed by atoms with Gasteiger partial charge in [0.15, 0.2) is 5.78 Å². The minimum Gasteiger partial charge on any atom is -0.316 e. The number of carbonyl (C=O) groups is 1. The summed E-state index contributed by atoms with van der Waals surface area (Å²) in [6.45, 7) is 1.82. The van der Waals surface area contributed by atoms with E-state index in [-0.39, 0.29) is 11.7 Å². The van der Waals surface area contributed by atoms with Gasteiger partial charge in [0.2, 0.25) is 0 Å². The van der Waals surface area contributed by atoms with Gasteiger partial charge in [-0.2, -0.15) is 0 Å². The molecule has 1 aromatic rings. The van der Waals surface area contributed by atoms with Crippen molar-refractivity contribution in [3.63, 3.8) is 0 Å². The Morgan fingerprint density at radius 2 is 2.08 bits per heavy atom. The number of hydrogen-bond donors (Lipinski definition) is 1. The maximum Gasteiger partial charge on any atom is 0.167 e. The molecule has 1 saturated heterocycles. The molecule has 0 aliphatic carbocycles. The van der Waals surface area contributed by atoms with Crippen LogP contribution in [0.2, 0.25) is 0 Å². The van der Waals surface area contributed by atoms with E-state index in [9.17, 15) is 4.79 Å². The summed E-state index contributed by atoms with van der Waals surface area (Å²) in [5.41, 5.74) is 0.844. The van der Waals surface area contributed by atoms with E-state index in [2.05, 4.69) is 5.32 Å². The van der Waals surface area contributed by atoms with Crippen molar-refractivity contribution in [3.05, 3.63) is 35.9 Å². The van der Waals surface area contributed by atoms with Crippen molar-refractivity contribution < 1.29 is 4.79 Å². The lowest BCUT2D eigenvalue weighted by Crippen LogP contribution is -2.17. The minimum atomic E-state index is 0.197. The third-order valence-electron chi connectivity index (χ3n) is 2.49. The topological polar surface area (TPSA) is 29.1 Å². The number of carbonyl (C=O) groups excluding carboxylic acids is 1. The fourth-order valence-corrected chi connectivity index (χ4v) is 1.72. The van der Waals surface area contributed by atoms with Crippen LogP contribution < -0.4 is 5.32 Å². The Bertz CT molecular complexity index is 288. The van der Waals surface area contributed by atoms with Crippen LogP contribution in [0.25, 0.3) is 0 Å². The molecule has 13 heavy (non-hydrogen) atoms. The van der Waals surface area contributed by atoms with Crippen molar-refractivity contribution >= 4 is 5.78 Å². The van der Waals surface area contributed by atoms with Gasteiger partial charge in [-0.1, -0.05) is 30.3 Å². The SMILES string of the molecule is O=C(c1ccccc1)[C@H]1CCNC1. The Morgan fingerprint density at radius 3 is 2.69 bits per heavy atom. The smallest absolute Gasteiger partial charge is 0.167 e. The maximum atomic E-state index is 11.8. The van der Waals surface area contributed by atoms with Crippen LogP contribution in [0.3, 0.4) is 0 Å². The summed E-state index contributed by atoms with van der Waals surface area (Å²) < 4.78 is 0. The lowest BCUT2D eigenvalue weighted by molar-refractivity contribution is 0.0930. The Labute approximate surface area is 78.0 Å². The highest BCUT2D eigenvalue weighted by Crippen LogP contribution is 2.14. The van der Waals surface area contributed by atoms with Crippen molar-refractivity contribution in [3.8, 4) is 0 Å². The van der Waals surface area contributed by atoms with E-state index in [0.29, 0.717) is 0 Å². The quantitative estimate of drug-likeness (QED) is 0.690. The van der Waals surface area contributed by atoms with E-state index >= 15 is 0 Å². The predicted molar refractivity (Wildman–Crippen MR) is 51.7 cm³/mol. The molecule has 0 amide bonds. The third-order valence-corrected chi connectivity index (χ3v) is 2.49. The van der Waals surface area contributed by atoms with Gasteiger partial charge in [-0.3, -0.25) is 4.79 Å². The first-order chi connectivity index (χ1) is 6.38. The van der Waals surface area contributed by atoms with E-state index in [4.69, 9.17) is 0 Å². The number of rotatable bonds is 2. The lowest BCUT2D eigenvalue weighted by Gasteiger charge is -2.06. The van der Waals surface area contributed by atoms with E-state index in [1.165, 1.54) is 0 Å². The molecule has 2 heteroatoms. The summed E-state index contributed by atoms with van der Waals surface area (Å²) >= 11 is 0.